The molecule has 0 aliphatic carbocycles. The number of nitrogens with one attached hydrogen (secondary N) is 1. The van der Waals surface area contributed by atoms with Gasteiger partial charge in [0.15, 0.2) is 0 Å². The molecule has 0 saturated carbocycles. The van der Waals surface area contributed by atoms with Crippen LogP contribution in [0.15, 0.2) is 24.3 Å². The highest BCUT2D eigenvalue weighted by atomic mass is 16.5. The van der Waals surface area contributed by atoms with Crippen LogP contribution in [0.1, 0.15) is 31.9 Å². The van der Waals surface area contributed by atoms with E-state index < -0.39 is 6.10 Å². The van der Waals surface area contributed by atoms with Gasteiger partial charge in [-0.25, -0.2) is 0 Å². The molecule has 19 heavy (non-hydrogen) atoms. The maximum atomic E-state index is 10.3. The monoisotopic (exact) mass is 266 g/mol. The number of benzene rings is 1. The number of rotatable bonds is 8. The predicted molar refractivity (Wildman–Crippen MR) is 78.3 cm³/mol. The third kappa shape index (κ3) is 5.19. The zero-order valence-electron chi connectivity index (χ0n) is 12.1. The molecular weight excluding hydrogens is 240 g/mol. The van der Waals surface area contributed by atoms with Crippen LogP contribution in [0.4, 0.5) is 0 Å². The van der Waals surface area contributed by atoms with Crippen molar-refractivity contribution in [2.45, 2.75) is 32.4 Å². The van der Waals surface area contributed by atoms with Crippen LogP contribution in [0, 0.1) is 5.92 Å². The van der Waals surface area contributed by atoms with Gasteiger partial charge >= 0.3 is 0 Å². The number of aliphatic hydroxyl groups is 1. The minimum Gasteiger partial charge on any atom is -0.493 e. The molecule has 0 spiro atoms. The second-order valence-electron chi connectivity index (χ2n) is 5.24. The molecule has 0 bridgehead atoms. The molecule has 0 radical (unpaired) electrons. The first-order valence-electron chi connectivity index (χ1n) is 6.86. The second kappa shape index (κ2) is 8.15. The number of hydrogen-bond acceptors (Lipinski definition) is 4. The number of ether oxygens (including phenoxy) is 1. The van der Waals surface area contributed by atoms with E-state index in [0.717, 1.165) is 24.3 Å². The molecule has 0 fully saturated rings. The summed E-state index contributed by atoms with van der Waals surface area (Å²) in [6, 6.07) is 7.26. The van der Waals surface area contributed by atoms with E-state index in [-0.39, 0.29) is 6.04 Å². The van der Waals surface area contributed by atoms with Crippen molar-refractivity contribution in [3.8, 4) is 5.75 Å². The fourth-order valence-corrected chi connectivity index (χ4v) is 1.81. The molecule has 0 aromatic heterocycles. The Morgan fingerprint density at radius 3 is 2.63 bits per heavy atom. The van der Waals surface area contributed by atoms with E-state index in [1.54, 1.807) is 0 Å². The van der Waals surface area contributed by atoms with Crippen LogP contribution < -0.4 is 15.8 Å². The Balaban J connectivity index is 2.74. The van der Waals surface area contributed by atoms with Gasteiger partial charge in [0.2, 0.25) is 0 Å². The van der Waals surface area contributed by atoms with Crippen molar-refractivity contribution in [1.29, 1.82) is 0 Å². The summed E-state index contributed by atoms with van der Waals surface area (Å²) in [5.41, 5.74) is 6.78. The third-order valence-corrected chi connectivity index (χ3v) is 2.94. The number of nitrogens with two attached hydrogens (primary N) is 1. The summed E-state index contributed by atoms with van der Waals surface area (Å²) in [5.74, 6) is 1.17. The molecule has 108 valence electrons. The predicted octanol–water partition coefficient (Wildman–Crippen LogP) is 1.69. The van der Waals surface area contributed by atoms with Crippen LogP contribution >= 0.6 is 0 Å². The molecule has 4 heteroatoms. The minimum absolute atomic E-state index is 0.295. The van der Waals surface area contributed by atoms with Crippen molar-refractivity contribution in [2.24, 2.45) is 11.7 Å². The highest BCUT2D eigenvalue weighted by Gasteiger charge is 2.20. The maximum absolute atomic E-state index is 10.3. The van der Waals surface area contributed by atoms with Crippen molar-refractivity contribution < 1.29 is 9.84 Å². The number of para-hydroxylation sites is 1. The third-order valence-electron chi connectivity index (χ3n) is 2.94. The van der Waals surface area contributed by atoms with Crippen LogP contribution in [0.5, 0.6) is 5.75 Å². The molecule has 4 nitrogen and oxygen atoms in total. The molecule has 2 unspecified atom stereocenters. The van der Waals surface area contributed by atoms with Crippen molar-refractivity contribution in [2.75, 3.05) is 20.2 Å². The van der Waals surface area contributed by atoms with Crippen molar-refractivity contribution in [3.63, 3.8) is 0 Å². The molecule has 0 aliphatic rings. The van der Waals surface area contributed by atoms with Gasteiger partial charge in [0, 0.05) is 11.6 Å². The molecule has 0 amide bonds. The van der Waals surface area contributed by atoms with Crippen LogP contribution in [0.25, 0.3) is 0 Å². The smallest absolute Gasteiger partial charge is 0.125 e. The Kier molecular flexibility index (Phi) is 6.84. The first kappa shape index (κ1) is 16.0. The normalized spacial score (nSPS) is 14.4. The van der Waals surface area contributed by atoms with Gasteiger partial charge in [-0.3, -0.25) is 0 Å². The SMILES string of the molecule is CNCCC(N)C(O)c1ccccc1OCC(C)C. The number of aliphatic hydroxyl groups excluding tert-OH is 1. The summed E-state index contributed by atoms with van der Waals surface area (Å²) >= 11 is 0. The van der Waals surface area contributed by atoms with Gasteiger partial charge in [-0.15, -0.1) is 0 Å². The molecule has 1 aromatic rings. The molecule has 4 N–H and O–H groups in total. The van der Waals surface area contributed by atoms with Gasteiger partial charge in [0.1, 0.15) is 5.75 Å². The fraction of sp³-hybridized carbons (Fsp3) is 0.600. The Morgan fingerprint density at radius 2 is 2.00 bits per heavy atom. The summed E-state index contributed by atoms with van der Waals surface area (Å²) < 4.78 is 5.74. The summed E-state index contributed by atoms with van der Waals surface area (Å²) in [6.45, 7) is 5.61. The Bertz CT molecular complexity index is 369. The first-order chi connectivity index (χ1) is 9.06. The molecule has 1 aromatic carbocycles. The van der Waals surface area contributed by atoms with Gasteiger partial charge in [-0.2, -0.15) is 0 Å². The average molecular weight is 266 g/mol. The van der Waals surface area contributed by atoms with Crippen molar-refractivity contribution in [3.05, 3.63) is 29.8 Å². The topological polar surface area (TPSA) is 67.5 Å². The van der Waals surface area contributed by atoms with E-state index in [1.807, 2.05) is 31.3 Å². The van der Waals surface area contributed by atoms with Gasteiger partial charge in [0.25, 0.3) is 0 Å². The van der Waals surface area contributed by atoms with Gasteiger partial charge in [0.05, 0.1) is 12.7 Å². The molecule has 1 rings (SSSR count). The van der Waals surface area contributed by atoms with Crippen LogP contribution in [0.2, 0.25) is 0 Å². The molecular formula is C15H26N2O2. The highest BCUT2D eigenvalue weighted by Crippen LogP contribution is 2.27. The lowest BCUT2D eigenvalue weighted by atomic mass is 9.99. The Labute approximate surface area is 116 Å². The lowest BCUT2D eigenvalue weighted by Crippen LogP contribution is -2.31. The zero-order chi connectivity index (χ0) is 14.3. The Morgan fingerprint density at radius 1 is 1.32 bits per heavy atom. The van der Waals surface area contributed by atoms with Gasteiger partial charge < -0.3 is 20.9 Å². The lowest BCUT2D eigenvalue weighted by Gasteiger charge is -2.22. The Hall–Kier alpha value is -1.10. The van der Waals surface area contributed by atoms with Crippen molar-refractivity contribution >= 4 is 0 Å². The van der Waals surface area contributed by atoms with E-state index >= 15 is 0 Å². The molecule has 2 atom stereocenters. The van der Waals surface area contributed by atoms with E-state index in [9.17, 15) is 5.11 Å². The molecule has 0 heterocycles. The lowest BCUT2D eigenvalue weighted by molar-refractivity contribution is 0.136. The van der Waals surface area contributed by atoms with E-state index in [2.05, 4.69) is 19.2 Å². The van der Waals surface area contributed by atoms with Crippen molar-refractivity contribution in [1.82, 2.24) is 5.32 Å². The van der Waals surface area contributed by atoms with E-state index in [1.165, 1.54) is 0 Å². The van der Waals surface area contributed by atoms with Crippen LogP contribution in [0.3, 0.4) is 0 Å². The highest BCUT2D eigenvalue weighted by molar-refractivity contribution is 5.35. The maximum Gasteiger partial charge on any atom is 0.125 e. The van der Waals surface area contributed by atoms with Crippen LogP contribution in [-0.4, -0.2) is 31.3 Å². The van der Waals surface area contributed by atoms with E-state index in [4.69, 9.17) is 10.5 Å². The quantitative estimate of drug-likeness (QED) is 0.670. The zero-order valence-corrected chi connectivity index (χ0v) is 12.1. The van der Waals surface area contributed by atoms with E-state index in [0.29, 0.717) is 12.5 Å². The first-order valence-corrected chi connectivity index (χ1v) is 6.86. The van der Waals surface area contributed by atoms with Gasteiger partial charge in [-0.1, -0.05) is 32.0 Å². The largest absolute Gasteiger partial charge is 0.493 e. The summed E-state index contributed by atoms with van der Waals surface area (Å²) in [4.78, 5) is 0. The van der Waals surface area contributed by atoms with Crippen LogP contribution in [-0.2, 0) is 0 Å². The number of hydrogen-bond donors (Lipinski definition) is 3. The average Bonchev–Trinajstić information content (AvgIpc) is 2.42. The molecule has 0 aliphatic heterocycles. The summed E-state index contributed by atoms with van der Waals surface area (Å²) in [7, 11) is 1.87. The standard InChI is InChI=1S/C15H26N2O2/c1-11(2)10-19-14-7-5-4-6-12(14)15(18)13(16)8-9-17-3/h4-7,11,13,15,17-18H,8-10,16H2,1-3H3. The second-order valence-corrected chi connectivity index (χ2v) is 5.24. The summed E-state index contributed by atoms with van der Waals surface area (Å²) in [5, 5.41) is 13.4. The molecule has 0 saturated heterocycles. The summed E-state index contributed by atoms with van der Waals surface area (Å²) in [6.07, 6.45) is 0.0209. The minimum atomic E-state index is -0.697. The fourth-order valence-electron chi connectivity index (χ4n) is 1.81. The van der Waals surface area contributed by atoms with Gasteiger partial charge in [-0.05, 0) is 32.0 Å².